The molecule has 0 fully saturated rings. The number of carbonyl (C=O) groups is 1. The van der Waals surface area contributed by atoms with Crippen LogP contribution in [0.3, 0.4) is 0 Å². The van der Waals surface area contributed by atoms with Crippen LogP contribution in [-0.4, -0.2) is 5.78 Å². The molecule has 0 bridgehead atoms. The first kappa shape index (κ1) is 15.9. The predicted molar refractivity (Wildman–Crippen MR) is 87.3 cm³/mol. The van der Waals surface area contributed by atoms with Crippen molar-refractivity contribution in [2.75, 3.05) is 0 Å². The van der Waals surface area contributed by atoms with Crippen LogP contribution in [0.15, 0.2) is 46.9 Å². The van der Waals surface area contributed by atoms with Crippen LogP contribution in [0.4, 0.5) is 4.39 Å². The summed E-state index contributed by atoms with van der Waals surface area (Å²) in [6.07, 6.45) is 0.258. The van der Waals surface area contributed by atoms with Crippen LogP contribution in [0.1, 0.15) is 42.3 Å². The molecule has 0 aliphatic rings. The summed E-state index contributed by atoms with van der Waals surface area (Å²) in [4.78, 5) is 12.6. The largest absolute Gasteiger partial charge is 0.294 e. The van der Waals surface area contributed by atoms with Gasteiger partial charge in [0, 0.05) is 16.5 Å². The number of rotatable bonds is 3. The molecule has 0 aliphatic carbocycles. The van der Waals surface area contributed by atoms with Crippen molar-refractivity contribution in [1.82, 2.24) is 0 Å². The molecular formula is C18H18BrFO. The summed E-state index contributed by atoms with van der Waals surface area (Å²) in [6.45, 7) is 6.27. The highest BCUT2D eigenvalue weighted by atomic mass is 79.9. The molecule has 21 heavy (non-hydrogen) atoms. The molecule has 0 aliphatic heterocycles. The maximum absolute atomic E-state index is 13.1. The summed E-state index contributed by atoms with van der Waals surface area (Å²) in [5.74, 6) is -0.263. The van der Waals surface area contributed by atoms with Gasteiger partial charge in [0.2, 0.25) is 0 Å². The molecule has 0 N–H and O–H groups in total. The quantitative estimate of drug-likeness (QED) is 0.686. The topological polar surface area (TPSA) is 17.1 Å². The second-order valence-corrected chi connectivity index (χ2v) is 6.99. The van der Waals surface area contributed by atoms with Crippen molar-refractivity contribution in [1.29, 1.82) is 0 Å². The van der Waals surface area contributed by atoms with E-state index in [4.69, 9.17) is 0 Å². The van der Waals surface area contributed by atoms with Gasteiger partial charge >= 0.3 is 0 Å². The van der Waals surface area contributed by atoms with Crippen molar-refractivity contribution in [2.24, 2.45) is 0 Å². The molecule has 0 unspecified atom stereocenters. The van der Waals surface area contributed by atoms with Crippen molar-refractivity contribution < 1.29 is 9.18 Å². The molecule has 0 amide bonds. The number of ketones is 1. The molecule has 0 aromatic heterocycles. The van der Waals surface area contributed by atoms with Gasteiger partial charge in [-0.3, -0.25) is 4.79 Å². The molecule has 0 atom stereocenters. The van der Waals surface area contributed by atoms with E-state index < -0.39 is 0 Å². The van der Waals surface area contributed by atoms with Gasteiger partial charge in [-0.25, -0.2) is 4.39 Å². The maximum atomic E-state index is 13.1. The molecular weight excluding hydrogens is 331 g/mol. The van der Waals surface area contributed by atoms with E-state index in [0.29, 0.717) is 4.47 Å². The van der Waals surface area contributed by atoms with Crippen molar-refractivity contribution in [2.45, 2.75) is 32.6 Å². The Morgan fingerprint density at radius 2 is 1.81 bits per heavy atom. The highest BCUT2D eigenvalue weighted by molar-refractivity contribution is 9.10. The molecule has 0 heterocycles. The highest BCUT2D eigenvalue weighted by Crippen LogP contribution is 2.27. The summed E-state index contributed by atoms with van der Waals surface area (Å²) < 4.78 is 13.7. The van der Waals surface area contributed by atoms with Crippen molar-refractivity contribution >= 4 is 21.7 Å². The van der Waals surface area contributed by atoms with E-state index in [1.54, 1.807) is 6.07 Å². The van der Waals surface area contributed by atoms with Gasteiger partial charge in [0.25, 0.3) is 0 Å². The summed E-state index contributed by atoms with van der Waals surface area (Å²) in [6, 6.07) is 12.1. The monoisotopic (exact) mass is 348 g/mol. The summed E-state index contributed by atoms with van der Waals surface area (Å²) >= 11 is 3.31. The third-order valence-corrected chi connectivity index (χ3v) is 4.14. The molecule has 1 nitrogen and oxygen atoms in total. The number of hydrogen-bond acceptors (Lipinski definition) is 1. The van der Waals surface area contributed by atoms with Crippen molar-refractivity contribution in [3.8, 4) is 0 Å². The fourth-order valence-corrected chi connectivity index (χ4v) is 2.80. The van der Waals surface area contributed by atoms with Gasteiger partial charge in [-0.2, -0.15) is 0 Å². The fraction of sp³-hybridized carbons (Fsp3) is 0.278. The first-order valence-corrected chi connectivity index (χ1v) is 7.65. The van der Waals surface area contributed by atoms with Crippen LogP contribution >= 0.6 is 15.9 Å². The lowest BCUT2D eigenvalue weighted by atomic mass is 9.82. The minimum absolute atomic E-state index is 0.0489. The first-order chi connectivity index (χ1) is 9.79. The second kappa shape index (κ2) is 6.10. The second-order valence-electron chi connectivity index (χ2n) is 6.13. The Morgan fingerprint density at radius 3 is 2.43 bits per heavy atom. The zero-order chi connectivity index (χ0) is 15.6. The smallest absolute Gasteiger partial charge is 0.167 e. The lowest BCUT2D eigenvalue weighted by Gasteiger charge is -2.22. The molecule has 3 heteroatoms. The first-order valence-electron chi connectivity index (χ1n) is 6.85. The van der Waals surface area contributed by atoms with E-state index in [1.165, 1.54) is 12.1 Å². The zero-order valence-electron chi connectivity index (χ0n) is 12.4. The number of halogens is 2. The molecule has 0 saturated carbocycles. The Kier molecular flexibility index (Phi) is 4.62. The molecule has 2 aromatic carbocycles. The third kappa shape index (κ3) is 3.79. The van der Waals surface area contributed by atoms with Crippen LogP contribution in [0.2, 0.25) is 0 Å². The zero-order valence-corrected chi connectivity index (χ0v) is 14.0. The molecule has 0 spiro atoms. The van der Waals surface area contributed by atoms with Gasteiger partial charge in [0.05, 0.1) is 0 Å². The Bertz CT molecular complexity index is 671. The number of hydrogen-bond donors (Lipinski definition) is 0. The Morgan fingerprint density at radius 1 is 1.14 bits per heavy atom. The molecule has 0 radical (unpaired) electrons. The van der Waals surface area contributed by atoms with Gasteiger partial charge < -0.3 is 0 Å². The third-order valence-electron chi connectivity index (χ3n) is 3.40. The van der Waals surface area contributed by atoms with Gasteiger partial charge in [0.15, 0.2) is 5.78 Å². The average molecular weight is 349 g/mol. The van der Waals surface area contributed by atoms with E-state index in [9.17, 15) is 9.18 Å². The van der Waals surface area contributed by atoms with E-state index in [1.807, 2.05) is 24.3 Å². The van der Waals surface area contributed by atoms with Crippen molar-refractivity contribution in [3.63, 3.8) is 0 Å². The van der Waals surface area contributed by atoms with E-state index in [0.717, 1.165) is 16.7 Å². The molecule has 2 rings (SSSR count). The van der Waals surface area contributed by atoms with E-state index in [2.05, 4.69) is 36.7 Å². The fourth-order valence-electron chi connectivity index (χ4n) is 2.31. The Labute approximate surface area is 133 Å². The van der Waals surface area contributed by atoms with Crippen molar-refractivity contribution in [3.05, 3.63) is 69.4 Å². The van der Waals surface area contributed by atoms with E-state index >= 15 is 0 Å². The minimum atomic E-state index is -0.312. The lowest BCUT2D eigenvalue weighted by Crippen LogP contribution is -2.18. The molecule has 0 saturated heterocycles. The Balaban J connectivity index is 2.33. The van der Waals surface area contributed by atoms with Gasteiger partial charge in [-0.05, 0) is 28.7 Å². The highest BCUT2D eigenvalue weighted by Gasteiger charge is 2.21. The van der Waals surface area contributed by atoms with Gasteiger partial charge in [0.1, 0.15) is 5.82 Å². The van der Waals surface area contributed by atoms with Gasteiger partial charge in [-0.15, -0.1) is 0 Å². The van der Waals surface area contributed by atoms with Crippen LogP contribution in [-0.2, 0) is 11.8 Å². The minimum Gasteiger partial charge on any atom is -0.294 e. The summed E-state index contributed by atoms with van der Waals surface area (Å²) in [5.41, 5.74) is 2.48. The SMILES string of the molecule is CC(C)(C)c1ccccc1C(=O)Cc1ccc(F)cc1Br. The maximum Gasteiger partial charge on any atom is 0.167 e. The standard InChI is InChI=1S/C18H18BrFO/c1-18(2,3)15-7-5-4-6-14(15)17(21)10-12-8-9-13(20)11-16(12)19/h4-9,11H,10H2,1-3H3. The Hall–Kier alpha value is -1.48. The number of Topliss-reactive ketones (excluding diaryl/α,β-unsaturated/α-hetero) is 1. The summed E-state index contributed by atoms with van der Waals surface area (Å²) in [5, 5.41) is 0. The average Bonchev–Trinajstić information content (AvgIpc) is 2.41. The van der Waals surface area contributed by atoms with E-state index in [-0.39, 0.29) is 23.4 Å². The molecule has 110 valence electrons. The molecule has 2 aromatic rings. The number of carbonyl (C=O) groups excluding carboxylic acids is 1. The number of benzene rings is 2. The van der Waals surface area contributed by atoms with Crippen LogP contribution < -0.4 is 0 Å². The summed E-state index contributed by atoms with van der Waals surface area (Å²) in [7, 11) is 0. The normalized spacial score (nSPS) is 11.5. The van der Waals surface area contributed by atoms with Gasteiger partial charge in [-0.1, -0.05) is 67.0 Å². The lowest BCUT2D eigenvalue weighted by molar-refractivity contribution is 0.0990. The van der Waals surface area contributed by atoms with Crippen LogP contribution in [0.25, 0.3) is 0 Å². The van der Waals surface area contributed by atoms with Crippen LogP contribution in [0.5, 0.6) is 0 Å². The van der Waals surface area contributed by atoms with Crippen LogP contribution in [0, 0.1) is 5.82 Å². The predicted octanol–water partition coefficient (Wildman–Crippen LogP) is 5.31.